The molecule has 0 bridgehead atoms. The Morgan fingerprint density at radius 1 is 1.29 bits per heavy atom. The quantitative estimate of drug-likeness (QED) is 0.600. The van der Waals surface area contributed by atoms with Gasteiger partial charge in [-0.25, -0.2) is 4.18 Å². The van der Waals surface area contributed by atoms with Gasteiger partial charge in [0.15, 0.2) is 5.60 Å². The van der Waals surface area contributed by atoms with Gasteiger partial charge in [0.25, 0.3) is 10.1 Å². The van der Waals surface area contributed by atoms with Crippen LogP contribution in [0.25, 0.3) is 0 Å². The lowest BCUT2D eigenvalue weighted by Crippen LogP contribution is -2.52. The first-order chi connectivity index (χ1) is 13.3. The van der Waals surface area contributed by atoms with Crippen molar-refractivity contribution >= 4 is 10.1 Å². The van der Waals surface area contributed by atoms with E-state index in [0.29, 0.717) is 36.3 Å². The summed E-state index contributed by atoms with van der Waals surface area (Å²) in [5.41, 5.74) is 1.27. The van der Waals surface area contributed by atoms with E-state index >= 15 is 0 Å². The molecule has 5 atom stereocenters. The molecule has 4 rings (SSSR count). The van der Waals surface area contributed by atoms with Gasteiger partial charge in [-0.15, -0.1) is 6.42 Å². The average molecular weight is 403 g/mol. The number of rotatable bonds is 4. The lowest BCUT2D eigenvalue weighted by atomic mass is 9.53. The molecule has 0 heterocycles. The fourth-order valence-electron chi connectivity index (χ4n) is 6.47. The fraction of sp³-hybridized carbons (Fsp3) is 0.652. The summed E-state index contributed by atoms with van der Waals surface area (Å²) >= 11 is 0. The van der Waals surface area contributed by atoms with Crippen molar-refractivity contribution in [3.8, 4) is 18.1 Å². The van der Waals surface area contributed by atoms with E-state index < -0.39 is 15.7 Å². The van der Waals surface area contributed by atoms with E-state index in [0.717, 1.165) is 32.1 Å². The summed E-state index contributed by atoms with van der Waals surface area (Å²) in [6, 6.07) is 5.77. The third-order valence-electron chi connectivity index (χ3n) is 7.79. The maximum atomic E-state index is 12.5. The molecule has 0 saturated heterocycles. The van der Waals surface area contributed by atoms with Gasteiger partial charge in [0.05, 0.1) is 5.75 Å². The number of benzene rings is 1. The molecular formula is C23H30O4S. The van der Waals surface area contributed by atoms with Gasteiger partial charge in [0.2, 0.25) is 0 Å². The highest BCUT2D eigenvalue weighted by atomic mass is 32.2. The molecule has 5 heteroatoms. The number of phenols is 1. The first-order valence-electron chi connectivity index (χ1n) is 10.5. The highest BCUT2D eigenvalue weighted by Gasteiger charge is 2.63. The van der Waals surface area contributed by atoms with Crippen molar-refractivity contribution < 1.29 is 17.7 Å². The molecule has 1 N–H and O–H groups in total. The third kappa shape index (κ3) is 2.88. The predicted molar refractivity (Wildman–Crippen MR) is 109 cm³/mol. The van der Waals surface area contributed by atoms with Gasteiger partial charge in [-0.05, 0) is 86.0 Å². The monoisotopic (exact) mass is 402 g/mol. The standard InChI is InChI=1S/C23H30O4S/c1-4-14-28(25,26)27-23(5-2)13-11-21-20-8-6-16-15-17(24)7-9-18(16)19(20)10-12-22(21,23)3/h2,7,9,15,19-21,24H,4,6,8,10-14H2,1,3H3/t19-,20-,21+,22+,23-/m1/s1. The first kappa shape index (κ1) is 19.8. The molecule has 3 aliphatic carbocycles. The molecule has 0 amide bonds. The van der Waals surface area contributed by atoms with Gasteiger partial charge < -0.3 is 5.11 Å². The number of hydrogen-bond acceptors (Lipinski definition) is 4. The Labute approximate surface area is 168 Å². The van der Waals surface area contributed by atoms with Crippen molar-refractivity contribution in [1.82, 2.24) is 0 Å². The topological polar surface area (TPSA) is 63.6 Å². The smallest absolute Gasteiger partial charge is 0.268 e. The molecule has 1 aromatic carbocycles. The summed E-state index contributed by atoms with van der Waals surface area (Å²) in [6.45, 7) is 4.00. The van der Waals surface area contributed by atoms with E-state index in [2.05, 4.69) is 18.9 Å². The number of fused-ring (bicyclic) bond motifs is 5. The number of aromatic hydroxyl groups is 1. The number of terminal acetylenes is 1. The van der Waals surface area contributed by atoms with Crippen LogP contribution in [0.2, 0.25) is 0 Å². The Bertz CT molecular complexity index is 915. The van der Waals surface area contributed by atoms with Crippen molar-refractivity contribution in [1.29, 1.82) is 0 Å². The molecule has 152 valence electrons. The molecule has 0 spiro atoms. The lowest BCUT2D eigenvalue weighted by Gasteiger charge is -2.52. The SMILES string of the molecule is C#C[C@@]1(OS(=O)(=O)CCC)CC[C@H]2[C@@H]3CCc4cc(O)ccc4[C@H]3CC[C@@]21C. The van der Waals surface area contributed by atoms with Crippen LogP contribution in [0.3, 0.4) is 0 Å². The molecule has 3 aliphatic rings. The second-order valence-electron chi connectivity index (χ2n) is 9.11. The van der Waals surface area contributed by atoms with Crippen LogP contribution in [-0.4, -0.2) is 24.9 Å². The van der Waals surface area contributed by atoms with Gasteiger partial charge in [-0.2, -0.15) is 8.42 Å². The number of aryl methyl sites for hydroxylation is 1. The van der Waals surface area contributed by atoms with Crippen LogP contribution in [0.4, 0.5) is 0 Å². The third-order valence-corrected chi connectivity index (χ3v) is 9.23. The largest absolute Gasteiger partial charge is 0.508 e. The van der Waals surface area contributed by atoms with Gasteiger partial charge in [0.1, 0.15) is 5.75 Å². The van der Waals surface area contributed by atoms with Crippen molar-refractivity contribution in [2.45, 2.75) is 70.3 Å². The molecule has 4 nitrogen and oxygen atoms in total. The highest BCUT2D eigenvalue weighted by Crippen LogP contribution is 2.65. The Kier molecular flexibility index (Phi) is 4.79. The second kappa shape index (κ2) is 6.78. The van der Waals surface area contributed by atoms with Gasteiger partial charge in [0, 0.05) is 5.41 Å². The Balaban J connectivity index is 1.67. The predicted octanol–water partition coefficient (Wildman–Crippen LogP) is 4.38. The maximum absolute atomic E-state index is 12.5. The Hall–Kier alpha value is -1.51. The maximum Gasteiger partial charge on any atom is 0.268 e. The summed E-state index contributed by atoms with van der Waals surface area (Å²) < 4.78 is 30.8. The van der Waals surface area contributed by atoms with Crippen LogP contribution in [-0.2, 0) is 20.7 Å². The summed E-state index contributed by atoms with van der Waals surface area (Å²) in [4.78, 5) is 0. The van der Waals surface area contributed by atoms with Crippen LogP contribution in [0, 0.1) is 29.6 Å². The van der Waals surface area contributed by atoms with Gasteiger partial charge >= 0.3 is 0 Å². The van der Waals surface area contributed by atoms with Gasteiger partial charge in [-0.3, -0.25) is 0 Å². The summed E-state index contributed by atoms with van der Waals surface area (Å²) in [7, 11) is -3.63. The highest BCUT2D eigenvalue weighted by molar-refractivity contribution is 7.86. The van der Waals surface area contributed by atoms with E-state index in [1.54, 1.807) is 6.07 Å². The summed E-state index contributed by atoms with van der Waals surface area (Å²) in [5, 5.41) is 9.83. The number of phenolic OH excluding ortho intramolecular Hbond substituents is 1. The van der Waals surface area contributed by atoms with E-state index in [9.17, 15) is 13.5 Å². The van der Waals surface area contributed by atoms with E-state index in [-0.39, 0.29) is 11.2 Å². The van der Waals surface area contributed by atoms with Crippen molar-refractivity contribution in [2.75, 3.05) is 5.75 Å². The summed E-state index contributed by atoms with van der Waals surface area (Å²) in [5.74, 6) is 4.48. The molecule has 28 heavy (non-hydrogen) atoms. The van der Waals surface area contributed by atoms with Crippen molar-refractivity contribution in [3.63, 3.8) is 0 Å². The van der Waals surface area contributed by atoms with Crippen LogP contribution < -0.4 is 0 Å². The number of hydrogen-bond donors (Lipinski definition) is 1. The molecule has 2 saturated carbocycles. The molecule has 2 fully saturated rings. The van der Waals surface area contributed by atoms with Crippen LogP contribution in [0.1, 0.15) is 69.4 Å². The zero-order chi connectivity index (χ0) is 20.2. The Morgan fingerprint density at radius 3 is 2.79 bits per heavy atom. The van der Waals surface area contributed by atoms with Crippen LogP contribution in [0.5, 0.6) is 5.75 Å². The molecule has 0 aliphatic heterocycles. The second-order valence-corrected chi connectivity index (χ2v) is 10.8. The zero-order valence-corrected chi connectivity index (χ0v) is 17.6. The van der Waals surface area contributed by atoms with Crippen molar-refractivity contribution in [2.24, 2.45) is 17.3 Å². The van der Waals surface area contributed by atoms with Crippen LogP contribution >= 0.6 is 0 Å². The molecule has 0 radical (unpaired) electrons. The van der Waals surface area contributed by atoms with Crippen LogP contribution in [0.15, 0.2) is 18.2 Å². The zero-order valence-electron chi connectivity index (χ0n) is 16.8. The first-order valence-corrected chi connectivity index (χ1v) is 12.1. The fourth-order valence-corrected chi connectivity index (χ4v) is 7.81. The van der Waals surface area contributed by atoms with E-state index in [4.69, 9.17) is 10.6 Å². The van der Waals surface area contributed by atoms with Crippen molar-refractivity contribution in [3.05, 3.63) is 29.3 Å². The minimum atomic E-state index is -3.63. The van der Waals surface area contributed by atoms with Gasteiger partial charge in [-0.1, -0.05) is 25.8 Å². The van der Waals surface area contributed by atoms with E-state index in [1.165, 1.54) is 11.1 Å². The van der Waals surface area contributed by atoms with E-state index in [1.807, 2.05) is 13.0 Å². The normalized spacial score (nSPS) is 36.8. The average Bonchev–Trinajstić information content (AvgIpc) is 2.93. The minimum Gasteiger partial charge on any atom is -0.508 e. The minimum absolute atomic E-state index is 0.0140. The molecule has 1 aromatic rings. The molecular weight excluding hydrogens is 372 g/mol. The molecule has 0 unspecified atom stereocenters. The lowest BCUT2D eigenvalue weighted by molar-refractivity contribution is -0.0460. The Morgan fingerprint density at radius 2 is 2.07 bits per heavy atom. The summed E-state index contributed by atoms with van der Waals surface area (Å²) in [6.07, 6.45) is 11.9. The molecule has 0 aromatic heterocycles.